The quantitative estimate of drug-likeness (QED) is 0.635. The van der Waals surface area contributed by atoms with E-state index in [4.69, 9.17) is 0 Å². The van der Waals surface area contributed by atoms with Crippen molar-refractivity contribution < 1.29 is 4.57 Å². The molecule has 0 N–H and O–H groups in total. The van der Waals surface area contributed by atoms with Crippen molar-refractivity contribution in [1.82, 2.24) is 4.98 Å². The molecule has 0 aromatic carbocycles. The number of hydrogen-bond acceptors (Lipinski definition) is 1. The largest absolute Gasteiger partial charge is 0.286 e. The Labute approximate surface area is 80.6 Å². The van der Waals surface area contributed by atoms with Crippen molar-refractivity contribution in [2.45, 2.75) is 45.6 Å². The van der Waals surface area contributed by atoms with Gasteiger partial charge >= 0.3 is 0 Å². The van der Waals surface area contributed by atoms with E-state index < -0.39 is 0 Å². The lowest BCUT2D eigenvalue weighted by Crippen LogP contribution is -2.39. The molecule has 1 aromatic rings. The maximum atomic E-state index is 4.13. The zero-order valence-corrected chi connectivity index (χ0v) is 8.61. The first-order chi connectivity index (χ1) is 6.38. The fourth-order valence-electron chi connectivity index (χ4n) is 1.67. The normalized spacial score (nSPS) is 10.7. The average Bonchev–Trinajstić information content (AvgIpc) is 2.19. The van der Waals surface area contributed by atoms with E-state index in [0.717, 1.165) is 0 Å². The van der Waals surface area contributed by atoms with E-state index >= 15 is 0 Å². The van der Waals surface area contributed by atoms with E-state index in [1.165, 1.54) is 25.7 Å². The predicted octanol–water partition coefficient (Wildman–Crippen LogP) is 2.51. The van der Waals surface area contributed by atoms with Crippen LogP contribution < -0.4 is 4.57 Å². The second kappa shape index (κ2) is 5.68. The minimum absolute atomic E-state index is 0.642. The maximum Gasteiger partial charge on any atom is 0.286 e. The molecule has 2 heteroatoms. The van der Waals surface area contributed by atoms with Crippen molar-refractivity contribution in [3.8, 4) is 0 Å². The van der Waals surface area contributed by atoms with Crippen LogP contribution in [0.1, 0.15) is 45.6 Å². The lowest BCUT2D eigenvalue weighted by Gasteiger charge is -2.12. The van der Waals surface area contributed by atoms with Crippen molar-refractivity contribution >= 4 is 0 Å². The van der Waals surface area contributed by atoms with E-state index in [1.54, 1.807) is 0 Å². The van der Waals surface area contributed by atoms with Gasteiger partial charge in [-0.05, 0) is 12.8 Å². The molecule has 72 valence electrons. The molecule has 1 aromatic heterocycles. The van der Waals surface area contributed by atoms with E-state index in [1.807, 2.05) is 18.6 Å². The molecule has 0 aliphatic heterocycles. The first-order valence-electron chi connectivity index (χ1n) is 5.19. The highest BCUT2D eigenvalue weighted by molar-refractivity contribution is 4.70. The number of aromatic nitrogens is 2. The highest BCUT2D eigenvalue weighted by atomic mass is 15.0. The molecule has 0 amide bonds. The Morgan fingerprint density at radius 3 is 2.38 bits per heavy atom. The second-order valence-corrected chi connectivity index (χ2v) is 3.43. The Morgan fingerprint density at radius 2 is 1.92 bits per heavy atom. The third-order valence-electron chi connectivity index (χ3n) is 2.30. The molecule has 0 spiro atoms. The number of hydrogen-bond donors (Lipinski definition) is 0. The molecule has 0 saturated heterocycles. The van der Waals surface area contributed by atoms with Gasteiger partial charge in [-0.2, -0.15) is 0 Å². The Morgan fingerprint density at radius 1 is 1.23 bits per heavy atom. The van der Waals surface area contributed by atoms with Gasteiger partial charge in [-0.25, -0.2) is 4.57 Å². The van der Waals surface area contributed by atoms with E-state index in [9.17, 15) is 0 Å². The van der Waals surface area contributed by atoms with Crippen molar-refractivity contribution in [2.75, 3.05) is 0 Å². The summed E-state index contributed by atoms with van der Waals surface area (Å²) < 4.78 is 2.23. The molecular formula is C11H19N2+. The van der Waals surface area contributed by atoms with Gasteiger partial charge in [-0.15, -0.1) is 0 Å². The van der Waals surface area contributed by atoms with E-state index in [0.29, 0.717) is 6.04 Å². The minimum atomic E-state index is 0.642. The molecule has 0 atom stereocenters. The molecule has 0 bridgehead atoms. The zero-order chi connectivity index (χ0) is 9.52. The smallest absolute Gasteiger partial charge is 0.235 e. The van der Waals surface area contributed by atoms with E-state index in [2.05, 4.69) is 29.6 Å². The van der Waals surface area contributed by atoms with Crippen LogP contribution in [0.15, 0.2) is 24.8 Å². The topological polar surface area (TPSA) is 16.8 Å². The van der Waals surface area contributed by atoms with Crippen LogP contribution in [0, 0.1) is 0 Å². The SMILES string of the molecule is CCCC(CCC)[n+]1cccnc1. The Kier molecular flexibility index (Phi) is 4.44. The van der Waals surface area contributed by atoms with Gasteiger partial charge in [0.25, 0.3) is 6.33 Å². The van der Waals surface area contributed by atoms with Crippen LogP contribution in [0.5, 0.6) is 0 Å². The van der Waals surface area contributed by atoms with Crippen molar-refractivity contribution in [3.05, 3.63) is 24.8 Å². The Balaban J connectivity index is 2.64. The van der Waals surface area contributed by atoms with Gasteiger partial charge in [-0.1, -0.05) is 31.7 Å². The molecule has 1 rings (SSSR count). The highest BCUT2D eigenvalue weighted by Gasteiger charge is 2.11. The molecule has 0 radical (unpaired) electrons. The lowest BCUT2D eigenvalue weighted by molar-refractivity contribution is -0.727. The van der Waals surface area contributed by atoms with E-state index in [-0.39, 0.29) is 0 Å². The third kappa shape index (κ3) is 3.13. The molecule has 0 aliphatic carbocycles. The molecule has 0 fully saturated rings. The Hall–Kier alpha value is -0.920. The maximum absolute atomic E-state index is 4.13. The van der Waals surface area contributed by atoms with Gasteiger partial charge in [-0.3, -0.25) is 0 Å². The summed E-state index contributed by atoms with van der Waals surface area (Å²) in [5.74, 6) is 0. The summed E-state index contributed by atoms with van der Waals surface area (Å²) in [6.45, 7) is 4.47. The number of rotatable bonds is 5. The third-order valence-corrected chi connectivity index (χ3v) is 2.30. The minimum Gasteiger partial charge on any atom is -0.235 e. The Bertz CT molecular complexity index is 215. The zero-order valence-electron chi connectivity index (χ0n) is 8.61. The van der Waals surface area contributed by atoms with Crippen LogP contribution in [-0.4, -0.2) is 4.98 Å². The average molecular weight is 179 g/mol. The van der Waals surface area contributed by atoms with Gasteiger partial charge in [0, 0.05) is 6.07 Å². The summed E-state index contributed by atoms with van der Waals surface area (Å²) in [6, 6.07) is 2.64. The summed E-state index contributed by atoms with van der Waals surface area (Å²) in [7, 11) is 0. The first kappa shape index (κ1) is 10.2. The van der Waals surface area contributed by atoms with Crippen molar-refractivity contribution in [2.24, 2.45) is 0 Å². The molecule has 2 nitrogen and oxygen atoms in total. The van der Waals surface area contributed by atoms with Crippen LogP contribution in [0.4, 0.5) is 0 Å². The number of nitrogens with zero attached hydrogens (tertiary/aromatic N) is 2. The van der Waals surface area contributed by atoms with Crippen LogP contribution >= 0.6 is 0 Å². The monoisotopic (exact) mass is 179 g/mol. The fourth-order valence-corrected chi connectivity index (χ4v) is 1.67. The second-order valence-electron chi connectivity index (χ2n) is 3.43. The first-order valence-corrected chi connectivity index (χ1v) is 5.19. The molecule has 0 saturated carbocycles. The van der Waals surface area contributed by atoms with Crippen molar-refractivity contribution in [3.63, 3.8) is 0 Å². The molecule has 0 aliphatic rings. The van der Waals surface area contributed by atoms with Gasteiger partial charge in [0.15, 0.2) is 0 Å². The van der Waals surface area contributed by atoms with Gasteiger partial charge in [0.2, 0.25) is 0 Å². The van der Waals surface area contributed by atoms with Crippen LogP contribution in [0.3, 0.4) is 0 Å². The standard InChI is InChI=1S/C11H19N2/c1-3-6-11(7-4-2)13-9-5-8-12-10-13/h5,8-11H,3-4,6-7H2,1-2H3/q+1. The van der Waals surface area contributed by atoms with Crippen LogP contribution in [0.2, 0.25) is 0 Å². The molecule has 13 heavy (non-hydrogen) atoms. The summed E-state index contributed by atoms with van der Waals surface area (Å²) in [4.78, 5) is 4.13. The summed E-state index contributed by atoms with van der Waals surface area (Å²) >= 11 is 0. The summed E-state index contributed by atoms with van der Waals surface area (Å²) in [6.07, 6.45) is 10.9. The van der Waals surface area contributed by atoms with Gasteiger partial charge < -0.3 is 0 Å². The van der Waals surface area contributed by atoms with Gasteiger partial charge in [0.05, 0.1) is 6.20 Å². The molecule has 1 heterocycles. The lowest BCUT2D eigenvalue weighted by atomic mass is 10.1. The van der Waals surface area contributed by atoms with Crippen LogP contribution in [0.25, 0.3) is 0 Å². The molecular weight excluding hydrogens is 160 g/mol. The highest BCUT2D eigenvalue weighted by Crippen LogP contribution is 2.12. The summed E-state index contributed by atoms with van der Waals surface area (Å²) in [5.41, 5.74) is 0. The van der Waals surface area contributed by atoms with Crippen molar-refractivity contribution in [1.29, 1.82) is 0 Å². The van der Waals surface area contributed by atoms with Crippen LogP contribution in [-0.2, 0) is 0 Å². The summed E-state index contributed by atoms with van der Waals surface area (Å²) in [5, 5.41) is 0. The van der Waals surface area contributed by atoms with Gasteiger partial charge in [0.1, 0.15) is 12.2 Å². The predicted molar refractivity (Wildman–Crippen MR) is 53.3 cm³/mol. The molecule has 0 unspecified atom stereocenters. The fraction of sp³-hybridized carbons (Fsp3) is 0.636.